The van der Waals surface area contributed by atoms with E-state index in [9.17, 15) is 4.79 Å². The lowest BCUT2D eigenvalue weighted by Gasteiger charge is -2.16. The lowest BCUT2D eigenvalue weighted by molar-refractivity contribution is -0.136. The molecule has 1 aromatic rings. The van der Waals surface area contributed by atoms with Crippen molar-refractivity contribution >= 4 is 5.97 Å². The van der Waals surface area contributed by atoms with Gasteiger partial charge in [-0.15, -0.1) is 0 Å². The van der Waals surface area contributed by atoms with Crippen molar-refractivity contribution in [2.24, 2.45) is 5.92 Å². The van der Waals surface area contributed by atoms with E-state index in [-0.39, 0.29) is 6.42 Å². The van der Waals surface area contributed by atoms with Gasteiger partial charge in [0.25, 0.3) is 0 Å². The highest BCUT2D eigenvalue weighted by Crippen LogP contribution is 2.29. The molecule has 1 fully saturated rings. The van der Waals surface area contributed by atoms with Gasteiger partial charge in [0, 0.05) is 13.1 Å². The van der Waals surface area contributed by atoms with Gasteiger partial charge >= 0.3 is 5.97 Å². The van der Waals surface area contributed by atoms with Gasteiger partial charge in [-0.2, -0.15) is 0 Å². The zero-order valence-corrected chi connectivity index (χ0v) is 11.3. The number of nitrogens with zero attached hydrogens (tertiary/aromatic N) is 1. The summed E-state index contributed by atoms with van der Waals surface area (Å²) in [6, 6.07) is 7.27. The Hall–Kier alpha value is -1.55. The van der Waals surface area contributed by atoms with Gasteiger partial charge in [-0.25, -0.2) is 0 Å². The average molecular weight is 263 g/mol. The summed E-state index contributed by atoms with van der Waals surface area (Å²) in [6.07, 6.45) is 2.80. The summed E-state index contributed by atoms with van der Waals surface area (Å²) in [6.45, 7) is 2.76. The summed E-state index contributed by atoms with van der Waals surface area (Å²) in [4.78, 5) is 12.9. The summed E-state index contributed by atoms with van der Waals surface area (Å²) in [5.74, 6) is 0.893. The van der Waals surface area contributed by atoms with Gasteiger partial charge in [-0.3, -0.25) is 4.79 Å². The maximum atomic E-state index is 10.6. The summed E-state index contributed by atoms with van der Waals surface area (Å²) in [5.41, 5.74) is 0.797. The van der Waals surface area contributed by atoms with Crippen molar-refractivity contribution in [1.82, 2.24) is 4.90 Å². The highest BCUT2D eigenvalue weighted by Gasteiger charge is 2.22. The molecular formula is C15H21NO3. The molecule has 0 atom stereocenters. The second kappa shape index (κ2) is 6.57. The molecule has 0 aromatic heterocycles. The molecule has 1 N–H and O–H groups in total. The first-order chi connectivity index (χ1) is 9.13. The standard InChI is InChI=1S/C15H21NO3/c1-16(11-13-2-3-13)8-9-19-14-6-4-12(5-7-14)10-15(17)18/h4-7,13H,2-3,8-11H2,1H3,(H,17,18). The molecule has 0 spiro atoms. The van der Waals surface area contributed by atoms with E-state index in [2.05, 4.69) is 11.9 Å². The molecule has 1 aliphatic carbocycles. The predicted octanol–water partition coefficient (Wildman–Crippen LogP) is 2.03. The van der Waals surface area contributed by atoms with E-state index in [1.807, 2.05) is 12.1 Å². The Balaban J connectivity index is 1.68. The highest BCUT2D eigenvalue weighted by atomic mass is 16.5. The van der Waals surface area contributed by atoms with Crippen LogP contribution in [-0.4, -0.2) is 42.7 Å². The number of hydrogen-bond acceptors (Lipinski definition) is 3. The zero-order valence-electron chi connectivity index (χ0n) is 11.3. The predicted molar refractivity (Wildman–Crippen MR) is 73.5 cm³/mol. The fourth-order valence-corrected chi connectivity index (χ4v) is 2.03. The zero-order chi connectivity index (χ0) is 13.7. The first-order valence-corrected chi connectivity index (χ1v) is 6.75. The van der Waals surface area contributed by atoms with E-state index in [0.29, 0.717) is 6.61 Å². The van der Waals surface area contributed by atoms with Crippen LogP contribution in [0.4, 0.5) is 0 Å². The molecule has 0 radical (unpaired) electrons. The fraction of sp³-hybridized carbons (Fsp3) is 0.533. The molecule has 4 nitrogen and oxygen atoms in total. The van der Waals surface area contributed by atoms with Crippen LogP contribution in [-0.2, 0) is 11.2 Å². The molecule has 0 aliphatic heterocycles. The monoisotopic (exact) mass is 263 g/mol. The van der Waals surface area contributed by atoms with Crippen LogP contribution in [0.25, 0.3) is 0 Å². The van der Waals surface area contributed by atoms with Gasteiger partial charge in [0.15, 0.2) is 0 Å². The molecule has 0 unspecified atom stereocenters. The smallest absolute Gasteiger partial charge is 0.307 e. The van der Waals surface area contributed by atoms with Gasteiger partial charge in [0.1, 0.15) is 12.4 Å². The number of carboxylic acid groups (broad SMARTS) is 1. The fourth-order valence-electron chi connectivity index (χ4n) is 2.03. The van der Waals surface area contributed by atoms with Crippen LogP contribution in [0.5, 0.6) is 5.75 Å². The molecule has 1 saturated carbocycles. The quantitative estimate of drug-likeness (QED) is 0.779. The van der Waals surface area contributed by atoms with E-state index in [4.69, 9.17) is 9.84 Å². The topological polar surface area (TPSA) is 49.8 Å². The average Bonchev–Trinajstić information content (AvgIpc) is 3.14. The van der Waals surface area contributed by atoms with Crippen LogP contribution in [0.1, 0.15) is 18.4 Å². The first kappa shape index (κ1) is 13.9. The van der Waals surface area contributed by atoms with E-state index < -0.39 is 5.97 Å². The molecule has 2 rings (SSSR count). The molecule has 0 saturated heterocycles. The molecule has 0 amide bonds. The lowest BCUT2D eigenvalue weighted by atomic mass is 10.1. The number of hydrogen-bond donors (Lipinski definition) is 1. The molecule has 0 bridgehead atoms. The highest BCUT2D eigenvalue weighted by molar-refractivity contribution is 5.70. The largest absolute Gasteiger partial charge is 0.492 e. The summed E-state index contributed by atoms with van der Waals surface area (Å²) in [7, 11) is 2.12. The minimum Gasteiger partial charge on any atom is -0.492 e. The number of benzene rings is 1. The second-order valence-electron chi connectivity index (χ2n) is 5.27. The minimum absolute atomic E-state index is 0.0599. The van der Waals surface area contributed by atoms with Crippen molar-refractivity contribution < 1.29 is 14.6 Å². The number of ether oxygens (including phenoxy) is 1. The Bertz CT molecular complexity index is 412. The Morgan fingerprint density at radius 2 is 2.05 bits per heavy atom. The van der Waals surface area contributed by atoms with Crippen LogP contribution >= 0.6 is 0 Å². The van der Waals surface area contributed by atoms with E-state index in [1.54, 1.807) is 12.1 Å². The van der Waals surface area contributed by atoms with Gasteiger partial charge < -0.3 is 14.7 Å². The molecule has 4 heteroatoms. The number of aliphatic carboxylic acids is 1. The van der Waals surface area contributed by atoms with E-state index in [1.165, 1.54) is 19.4 Å². The van der Waals surface area contributed by atoms with Crippen molar-refractivity contribution in [3.05, 3.63) is 29.8 Å². The van der Waals surface area contributed by atoms with E-state index in [0.717, 1.165) is 23.8 Å². The Morgan fingerprint density at radius 3 is 2.63 bits per heavy atom. The third-order valence-electron chi connectivity index (χ3n) is 3.29. The van der Waals surface area contributed by atoms with Gasteiger partial charge in [-0.05, 0) is 43.5 Å². The van der Waals surface area contributed by atoms with Crippen LogP contribution in [0.15, 0.2) is 24.3 Å². The molecule has 1 aromatic carbocycles. The Labute approximate surface area is 114 Å². The number of likely N-dealkylation sites (N-methyl/N-ethyl adjacent to an activating group) is 1. The lowest BCUT2D eigenvalue weighted by Crippen LogP contribution is -2.26. The normalized spacial score (nSPS) is 14.6. The molecule has 19 heavy (non-hydrogen) atoms. The molecular weight excluding hydrogens is 242 g/mol. The maximum absolute atomic E-state index is 10.6. The SMILES string of the molecule is CN(CCOc1ccc(CC(=O)O)cc1)CC1CC1. The maximum Gasteiger partial charge on any atom is 0.307 e. The summed E-state index contributed by atoms with van der Waals surface area (Å²) >= 11 is 0. The molecule has 104 valence electrons. The Kier molecular flexibility index (Phi) is 4.80. The number of carboxylic acids is 1. The van der Waals surface area contributed by atoms with Crippen molar-refractivity contribution in [2.45, 2.75) is 19.3 Å². The van der Waals surface area contributed by atoms with E-state index >= 15 is 0 Å². The third-order valence-corrected chi connectivity index (χ3v) is 3.29. The van der Waals surface area contributed by atoms with Crippen LogP contribution < -0.4 is 4.74 Å². The van der Waals surface area contributed by atoms with Gasteiger partial charge in [0.05, 0.1) is 6.42 Å². The Morgan fingerprint density at radius 1 is 1.37 bits per heavy atom. The van der Waals surface area contributed by atoms with Crippen LogP contribution in [0.3, 0.4) is 0 Å². The van der Waals surface area contributed by atoms with Crippen LogP contribution in [0, 0.1) is 5.92 Å². The van der Waals surface area contributed by atoms with Crippen LogP contribution in [0.2, 0.25) is 0 Å². The number of carbonyl (C=O) groups is 1. The minimum atomic E-state index is -0.810. The third kappa shape index (κ3) is 5.30. The summed E-state index contributed by atoms with van der Waals surface area (Å²) < 4.78 is 5.65. The van der Waals surface area contributed by atoms with Gasteiger partial charge in [-0.1, -0.05) is 12.1 Å². The molecule has 1 aliphatic rings. The summed E-state index contributed by atoms with van der Waals surface area (Å²) in [5, 5.41) is 8.68. The van der Waals surface area contributed by atoms with Crippen molar-refractivity contribution in [1.29, 1.82) is 0 Å². The van der Waals surface area contributed by atoms with Gasteiger partial charge in [0.2, 0.25) is 0 Å². The number of rotatable bonds is 8. The van der Waals surface area contributed by atoms with Crippen molar-refractivity contribution in [3.63, 3.8) is 0 Å². The van der Waals surface area contributed by atoms with Crippen molar-refractivity contribution in [3.8, 4) is 5.75 Å². The molecule has 0 heterocycles. The second-order valence-corrected chi connectivity index (χ2v) is 5.27. The first-order valence-electron chi connectivity index (χ1n) is 6.75. The van der Waals surface area contributed by atoms with Crippen molar-refractivity contribution in [2.75, 3.05) is 26.7 Å².